The molecule has 3 rings (SSSR count). The van der Waals surface area contributed by atoms with Gasteiger partial charge in [0.1, 0.15) is 5.75 Å². The maximum Gasteiger partial charge on any atom is 0.262 e. The topological polar surface area (TPSA) is 79.5 Å². The van der Waals surface area contributed by atoms with Crippen molar-refractivity contribution in [2.24, 2.45) is 5.92 Å². The number of hydrogen-bond acceptors (Lipinski definition) is 4. The van der Waals surface area contributed by atoms with E-state index in [0.717, 1.165) is 25.9 Å². The van der Waals surface area contributed by atoms with Crippen LogP contribution in [0.3, 0.4) is 0 Å². The van der Waals surface area contributed by atoms with Crippen LogP contribution < -0.4 is 20.7 Å². The lowest BCUT2D eigenvalue weighted by molar-refractivity contribution is -0.118. The number of fused-ring (bicyclic) bond motifs is 1. The molecular weight excluding hydrogens is 350 g/mol. The van der Waals surface area contributed by atoms with Crippen LogP contribution in [0.2, 0.25) is 0 Å². The molecule has 2 amide bonds. The van der Waals surface area contributed by atoms with Crippen molar-refractivity contribution in [3.8, 4) is 5.75 Å². The Balaban J connectivity index is 1.68. The maximum absolute atomic E-state index is 12.4. The van der Waals surface area contributed by atoms with Crippen molar-refractivity contribution >= 4 is 33.4 Å². The Morgan fingerprint density at radius 2 is 2.14 bits per heavy atom. The maximum atomic E-state index is 12.4. The van der Waals surface area contributed by atoms with E-state index in [9.17, 15) is 9.59 Å². The van der Waals surface area contributed by atoms with Gasteiger partial charge in [-0.15, -0.1) is 0 Å². The van der Waals surface area contributed by atoms with E-state index in [2.05, 4.69) is 31.9 Å². The van der Waals surface area contributed by atoms with Crippen LogP contribution in [0.15, 0.2) is 16.6 Å². The molecule has 0 aliphatic carbocycles. The minimum Gasteiger partial charge on any atom is -0.482 e. The van der Waals surface area contributed by atoms with Gasteiger partial charge in [0.25, 0.3) is 11.8 Å². The Morgan fingerprint density at radius 3 is 2.91 bits per heavy atom. The molecule has 3 N–H and O–H groups in total. The number of carbonyl (C=O) groups is 2. The third kappa shape index (κ3) is 3.41. The van der Waals surface area contributed by atoms with Crippen LogP contribution in [0.4, 0.5) is 5.69 Å². The summed E-state index contributed by atoms with van der Waals surface area (Å²) in [5.74, 6) is 0.725. The third-order valence-corrected chi connectivity index (χ3v) is 4.61. The fourth-order valence-corrected chi connectivity index (χ4v) is 3.22. The summed E-state index contributed by atoms with van der Waals surface area (Å²) in [6.07, 6.45) is 2.17. The molecule has 0 radical (unpaired) electrons. The van der Waals surface area contributed by atoms with Crippen molar-refractivity contribution in [3.63, 3.8) is 0 Å². The number of ether oxygens (including phenoxy) is 1. The second kappa shape index (κ2) is 6.66. The van der Waals surface area contributed by atoms with Gasteiger partial charge in [-0.2, -0.15) is 0 Å². The molecular formula is C15H18BrN3O3. The number of rotatable bonds is 3. The minimum atomic E-state index is -0.192. The third-order valence-electron chi connectivity index (χ3n) is 3.96. The molecule has 0 spiro atoms. The molecule has 2 heterocycles. The number of nitrogens with one attached hydrogen (secondary N) is 3. The summed E-state index contributed by atoms with van der Waals surface area (Å²) in [5, 5.41) is 9.01. The SMILES string of the molecule is O=C1COc2cc(C(=O)NCC3CCNCC3)c(Br)cc2N1. The van der Waals surface area contributed by atoms with Gasteiger partial charge in [0.05, 0.1) is 11.3 Å². The summed E-state index contributed by atoms with van der Waals surface area (Å²) in [4.78, 5) is 23.7. The average Bonchev–Trinajstić information content (AvgIpc) is 2.53. The number of amides is 2. The van der Waals surface area contributed by atoms with E-state index < -0.39 is 0 Å². The van der Waals surface area contributed by atoms with Gasteiger partial charge in [-0.05, 0) is 59.9 Å². The molecule has 2 aliphatic heterocycles. The zero-order chi connectivity index (χ0) is 15.5. The van der Waals surface area contributed by atoms with Crippen molar-refractivity contribution in [2.45, 2.75) is 12.8 Å². The molecule has 0 unspecified atom stereocenters. The van der Waals surface area contributed by atoms with E-state index in [0.29, 0.717) is 33.9 Å². The van der Waals surface area contributed by atoms with Crippen molar-refractivity contribution in [1.29, 1.82) is 0 Å². The highest BCUT2D eigenvalue weighted by Gasteiger charge is 2.21. The zero-order valence-corrected chi connectivity index (χ0v) is 13.7. The van der Waals surface area contributed by atoms with E-state index in [1.54, 1.807) is 12.1 Å². The normalized spacial score (nSPS) is 18.1. The fourth-order valence-electron chi connectivity index (χ4n) is 2.69. The molecule has 0 bridgehead atoms. The van der Waals surface area contributed by atoms with Crippen molar-refractivity contribution in [3.05, 3.63) is 22.2 Å². The van der Waals surface area contributed by atoms with Gasteiger partial charge in [-0.3, -0.25) is 9.59 Å². The number of halogens is 1. The fraction of sp³-hybridized carbons (Fsp3) is 0.467. The van der Waals surface area contributed by atoms with Crippen LogP contribution in [-0.2, 0) is 4.79 Å². The summed E-state index contributed by atoms with van der Waals surface area (Å²) in [5.41, 5.74) is 1.10. The molecule has 22 heavy (non-hydrogen) atoms. The smallest absolute Gasteiger partial charge is 0.262 e. The molecule has 0 atom stereocenters. The summed E-state index contributed by atoms with van der Waals surface area (Å²) in [6, 6.07) is 3.36. The first-order valence-corrected chi connectivity index (χ1v) is 8.18. The summed E-state index contributed by atoms with van der Waals surface area (Å²) in [7, 11) is 0. The van der Waals surface area contributed by atoms with Gasteiger partial charge in [-0.1, -0.05) is 0 Å². The molecule has 1 aromatic rings. The van der Waals surface area contributed by atoms with Gasteiger partial charge >= 0.3 is 0 Å². The van der Waals surface area contributed by atoms with Gasteiger partial charge in [0.2, 0.25) is 0 Å². The number of benzene rings is 1. The van der Waals surface area contributed by atoms with Gasteiger partial charge in [0.15, 0.2) is 6.61 Å². The van der Waals surface area contributed by atoms with Crippen LogP contribution >= 0.6 is 15.9 Å². The predicted octanol–water partition coefficient (Wildman–Crippen LogP) is 1.51. The zero-order valence-electron chi connectivity index (χ0n) is 12.1. The Hall–Kier alpha value is -1.60. The molecule has 1 aromatic carbocycles. The predicted molar refractivity (Wildman–Crippen MR) is 86.2 cm³/mol. The van der Waals surface area contributed by atoms with E-state index >= 15 is 0 Å². The Morgan fingerprint density at radius 1 is 1.36 bits per heavy atom. The Bertz CT molecular complexity index is 600. The van der Waals surface area contributed by atoms with Gasteiger partial charge < -0.3 is 20.7 Å². The summed E-state index contributed by atoms with van der Waals surface area (Å²) < 4.78 is 5.99. The Labute approximate surface area is 137 Å². The second-order valence-corrected chi connectivity index (χ2v) is 6.42. The molecule has 118 valence electrons. The van der Waals surface area contributed by atoms with Crippen LogP contribution in [-0.4, -0.2) is 38.1 Å². The van der Waals surface area contributed by atoms with Crippen LogP contribution in [0.25, 0.3) is 0 Å². The number of carbonyl (C=O) groups excluding carboxylic acids is 2. The lowest BCUT2D eigenvalue weighted by Gasteiger charge is -2.23. The lowest BCUT2D eigenvalue weighted by Crippen LogP contribution is -2.36. The minimum absolute atomic E-state index is 0.0231. The van der Waals surface area contributed by atoms with Gasteiger partial charge in [-0.25, -0.2) is 0 Å². The molecule has 7 heteroatoms. The second-order valence-electron chi connectivity index (χ2n) is 5.57. The van der Waals surface area contributed by atoms with Crippen molar-refractivity contribution in [1.82, 2.24) is 10.6 Å². The summed E-state index contributed by atoms with van der Waals surface area (Å²) >= 11 is 3.38. The van der Waals surface area contributed by atoms with E-state index in [-0.39, 0.29) is 18.4 Å². The number of hydrogen-bond donors (Lipinski definition) is 3. The quantitative estimate of drug-likeness (QED) is 0.756. The Kier molecular flexibility index (Phi) is 4.63. The van der Waals surface area contributed by atoms with E-state index in [4.69, 9.17) is 4.74 Å². The van der Waals surface area contributed by atoms with E-state index in [1.807, 2.05) is 0 Å². The van der Waals surface area contributed by atoms with Crippen LogP contribution in [0.1, 0.15) is 23.2 Å². The number of anilines is 1. The van der Waals surface area contributed by atoms with Crippen LogP contribution in [0.5, 0.6) is 5.75 Å². The molecule has 1 saturated heterocycles. The van der Waals surface area contributed by atoms with E-state index in [1.165, 1.54) is 0 Å². The monoisotopic (exact) mass is 367 g/mol. The largest absolute Gasteiger partial charge is 0.482 e. The first-order valence-electron chi connectivity index (χ1n) is 7.38. The van der Waals surface area contributed by atoms with Crippen molar-refractivity contribution in [2.75, 3.05) is 31.6 Å². The molecule has 2 aliphatic rings. The lowest BCUT2D eigenvalue weighted by atomic mass is 9.98. The van der Waals surface area contributed by atoms with Gasteiger partial charge in [0, 0.05) is 11.0 Å². The first kappa shape index (κ1) is 15.3. The van der Waals surface area contributed by atoms with Crippen LogP contribution in [0, 0.1) is 5.92 Å². The standard InChI is InChI=1S/C15H18BrN3O3/c16-11-6-12-13(22-8-14(20)19-12)5-10(11)15(21)18-7-9-1-3-17-4-2-9/h5-6,9,17H,1-4,7-8H2,(H,18,21)(H,19,20). The first-order chi connectivity index (χ1) is 10.6. The molecule has 0 aromatic heterocycles. The summed E-state index contributed by atoms with van der Waals surface area (Å²) in [6.45, 7) is 2.68. The molecule has 6 nitrogen and oxygen atoms in total. The number of piperidine rings is 1. The molecule has 0 saturated carbocycles. The molecule has 1 fully saturated rings. The highest BCUT2D eigenvalue weighted by atomic mass is 79.9. The highest BCUT2D eigenvalue weighted by molar-refractivity contribution is 9.10. The van der Waals surface area contributed by atoms with Crippen molar-refractivity contribution < 1.29 is 14.3 Å². The highest BCUT2D eigenvalue weighted by Crippen LogP contribution is 2.33. The average molecular weight is 368 g/mol.